The molecule has 250 valence electrons. The summed E-state index contributed by atoms with van der Waals surface area (Å²) < 4.78 is 11.6. The number of hydrogen-bond donors (Lipinski definition) is 3. The lowest BCUT2D eigenvalue weighted by molar-refractivity contribution is -0.918. The lowest BCUT2D eigenvalue weighted by Crippen LogP contribution is -3.00. The second-order valence-corrected chi connectivity index (χ2v) is 12.6. The summed E-state index contributed by atoms with van der Waals surface area (Å²) in [5.74, 6) is 1.38. The number of anilines is 2. The molecule has 5 N–H and O–H groups in total. The van der Waals surface area contributed by atoms with Crippen LogP contribution in [0.25, 0.3) is 0 Å². The molecule has 1 amide bonds. The minimum Gasteiger partial charge on any atom is -1.00 e. The predicted octanol–water partition coefficient (Wildman–Crippen LogP) is 2.60. The Bertz CT molecular complexity index is 1560. The van der Waals surface area contributed by atoms with Crippen LogP contribution in [0.1, 0.15) is 51.5 Å². The molecule has 0 spiro atoms. The van der Waals surface area contributed by atoms with Gasteiger partial charge in [-0.05, 0) is 60.7 Å². The van der Waals surface area contributed by atoms with E-state index in [0.717, 1.165) is 67.8 Å². The third kappa shape index (κ3) is 9.06. The average molecular weight is 680 g/mol. The summed E-state index contributed by atoms with van der Waals surface area (Å²) in [6.45, 7) is 5.75. The van der Waals surface area contributed by atoms with Crippen LogP contribution >= 0.6 is 11.6 Å². The smallest absolute Gasteiger partial charge is 0.274 e. The number of nitrogen functional groups attached to an aromatic ring is 2. The lowest BCUT2D eigenvalue weighted by Gasteiger charge is -2.35. The van der Waals surface area contributed by atoms with Gasteiger partial charge in [-0.3, -0.25) is 4.79 Å². The molecule has 1 fully saturated rings. The van der Waals surface area contributed by atoms with Crippen LogP contribution < -0.4 is 38.7 Å². The van der Waals surface area contributed by atoms with Crippen molar-refractivity contribution in [1.82, 2.24) is 15.3 Å². The molecule has 1 aliphatic rings. The molecule has 1 aromatic heterocycles. The maximum Gasteiger partial charge on any atom is 0.274 e. The van der Waals surface area contributed by atoms with Crippen molar-refractivity contribution >= 4 is 29.1 Å². The molecule has 0 radical (unpaired) electrons. The molecule has 2 heterocycles. The van der Waals surface area contributed by atoms with Gasteiger partial charge in [0.15, 0.2) is 22.5 Å². The molecule has 5 rings (SSSR count). The number of quaternary nitrogens is 1. The Morgan fingerprint density at radius 1 is 0.830 bits per heavy atom. The summed E-state index contributed by atoms with van der Waals surface area (Å²) in [6, 6.07) is 25.1. The SMILES string of the molecule is COc1ccc(CCC[N+]2(CCCc3ccc(OC)cc3)CC(NC(=O)c3nc(Cl)c(N)nc3N)C(c3ccc(C)cc3)C2)cc1.[Cl-]. The molecule has 11 heteroatoms. The summed E-state index contributed by atoms with van der Waals surface area (Å²) in [7, 11) is 3.37. The number of ether oxygens (including phenoxy) is 2. The van der Waals surface area contributed by atoms with E-state index in [0.29, 0.717) is 0 Å². The fraction of sp³-hybridized carbons (Fsp3) is 0.361. The first-order valence-corrected chi connectivity index (χ1v) is 16.1. The number of hydrogen-bond acceptors (Lipinski definition) is 7. The minimum atomic E-state index is -0.398. The van der Waals surface area contributed by atoms with E-state index >= 15 is 0 Å². The number of methoxy groups -OCH3 is 2. The molecule has 0 bridgehead atoms. The van der Waals surface area contributed by atoms with E-state index in [1.807, 2.05) is 24.3 Å². The molecule has 47 heavy (non-hydrogen) atoms. The number of nitrogens with one attached hydrogen (secondary N) is 1. The van der Waals surface area contributed by atoms with E-state index in [4.69, 9.17) is 32.5 Å². The predicted molar refractivity (Wildman–Crippen MR) is 183 cm³/mol. The van der Waals surface area contributed by atoms with Crippen LogP contribution in [0.5, 0.6) is 11.5 Å². The lowest BCUT2D eigenvalue weighted by atomic mass is 9.93. The number of aryl methyl sites for hydroxylation is 3. The van der Waals surface area contributed by atoms with Gasteiger partial charge in [-0.25, -0.2) is 9.97 Å². The van der Waals surface area contributed by atoms with Crippen molar-refractivity contribution in [3.63, 3.8) is 0 Å². The molecule has 1 aliphatic heterocycles. The number of aromatic nitrogens is 2. The molecule has 9 nitrogen and oxygen atoms in total. The van der Waals surface area contributed by atoms with Crippen molar-refractivity contribution in [2.45, 2.75) is 44.6 Å². The van der Waals surface area contributed by atoms with Crippen LogP contribution in [0.15, 0.2) is 72.8 Å². The maximum atomic E-state index is 13.6. The number of nitrogens with zero attached hydrogens (tertiary/aromatic N) is 3. The Morgan fingerprint density at radius 3 is 1.87 bits per heavy atom. The number of carbonyl (C=O) groups is 1. The topological polar surface area (TPSA) is 125 Å². The standard InChI is InChI=1S/C36H43ClN6O3.ClH/c1-24-8-14-27(15-9-24)30-22-43(20-4-6-25-10-16-28(45-2)17-11-25,21-5-7-26-12-18-29(46-3)19-13-26)23-31(30)40-36(44)32-34(38)42-35(39)33(37)41-32;/h8-19,30-31H,4-7,20-23H2,1-3H3,(H4-,38,39,40,42,44);1H. The maximum absolute atomic E-state index is 13.6. The molecule has 4 aromatic rings. The quantitative estimate of drug-likeness (QED) is 0.186. The molecule has 2 atom stereocenters. The number of nitrogens with two attached hydrogens (primary N) is 2. The highest BCUT2D eigenvalue weighted by molar-refractivity contribution is 6.31. The summed E-state index contributed by atoms with van der Waals surface area (Å²) in [4.78, 5) is 21.8. The van der Waals surface area contributed by atoms with Gasteiger partial charge in [-0.1, -0.05) is 65.7 Å². The molecule has 2 unspecified atom stereocenters. The van der Waals surface area contributed by atoms with Crippen molar-refractivity contribution in [1.29, 1.82) is 0 Å². The van der Waals surface area contributed by atoms with E-state index in [1.54, 1.807) is 14.2 Å². The van der Waals surface area contributed by atoms with Crippen molar-refractivity contribution in [2.24, 2.45) is 0 Å². The zero-order valence-electron chi connectivity index (χ0n) is 27.2. The van der Waals surface area contributed by atoms with E-state index < -0.39 is 5.91 Å². The van der Waals surface area contributed by atoms with Crippen LogP contribution in [-0.2, 0) is 12.8 Å². The van der Waals surface area contributed by atoms with Crippen LogP contribution in [0.3, 0.4) is 0 Å². The summed E-state index contributed by atoms with van der Waals surface area (Å²) in [6.07, 6.45) is 3.96. The molecule has 0 saturated carbocycles. The molecule has 0 aliphatic carbocycles. The van der Waals surface area contributed by atoms with Crippen LogP contribution in [-0.4, -0.2) is 66.8 Å². The number of benzene rings is 3. The first-order valence-electron chi connectivity index (χ1n) is 15.8. The molecular formula is C36H44Cl2N6O3. The molecular weight excluding hydrogens is 635 g/mol. The van der Waals surface area contributed by atoms with E-state index in [-0.39, 0.29) is 46.8 Å². The van der Waals surface area contributed by atoms with Crippen LogP contribution in [0.4, 0.5) is 11.6 Å². The third-order valence-electron chi connectivity index (χ3n) is 9.11. The number of rotatable bonds is 13. The second kappa shape index (κ2) is 16.2. The Morgan fingerprint density at radius 2 is 1.36 bits per heavy atom. The van der Waals surface area contributed by atoms with Gasteiger partial charge >= 0.3 is 0 Å². The second-order valence-electron chi connectivity index (χ2n) is 12.3. The van der Waals surface area contributed by atoms with Crippen molar-refractivity contribution in [3.05, 3.63) is 106 Å². The van der Waals surface area contributed by atoms with Crippen LogP contribution in [0.2, 0.25) is 5.15 Å². The van der Waals surface area contributed by atoms with E-state index in [9.17, 15) is 4.79 Å². The largest absolute Gasteiger partial charge is 1.00 e. The Hall–Kier alpha value is -4.05. The summed E-state index contributed by atoms with van der Waals surface area (Å²) in [5.41, 5.74) is 16.8. The zero-order chi connectivity index (χ0) is 32.7. The molecule has 3 aromatic carbocycles. The van der Waals surface area contributed by atoms with Crippen molar-refractivity contribution in [2.75, 3.05) is 51.9 Å². The van der Waals surface area contributed by atoms with Gasteiger partial charge in [0.2, 0.25) is 0 Å². The van der Waals surface area contributed by atoms with Crippen LogP contribution in [0, 0.1) is 6.92 Å². The Kier molecular flexibility index (Phi) is 12.3. The van der Waals surface area contributed by atoms with E-state index in [2.05, 4.69) is 70.7 Å². The fourth-order valence-electron chi connectivity index (χ4n) is 6.61. The number of likely N-dealkylation sites (tertiary alicyclic amines) is 1. The highest BCUT2D eigenvalue weighted by atomic mass is 35.5. The average Bonchev–Trinajstić information content (AvgIpc) is 3.41. The van der Waals surface area contributed by atoms with Gasteiger partial charge in [0, 0.05) is 12.8 Å². The van der Waals surface area contributed by atoms with Gasteiger partial charge in [-0.15, -0.1) is 0 Å². The van der Waals surface area contributed by atoms with Crippen molar-refractivity contribution < 1.29 is 31.2 Å². The highest BCUT2D eigenvalue weighted by Crippen LogP contribution is 2.35. The monoisotopic (exact) mass is 678 g/mol. The Labute approximate surface area is 288 Å². The highest BCUT2D eigenvalue weighted by Gasteiger charge is 2.46. The zero-order valence-corrected chi connectivity index (χ0v) is 28.7. The third-order valence-corrected chi connectivity index (χ3v) is 9.39. The molecule has 1 saturated heterocycles. The first kappa shape index (κ1) is 35.8. The summed E-state index contributed by atoms with van der Waals surface area (Å²) in [5, 5.41) is 3.24. The van der Waals surface area contributed by atoms with Gasteiger partial charge in [-0.2, -0.15) is 0 Å². The first-order chi connectivity index (χ1) is 22.2. The minimum absolute atomic E-state index is 0. The van der Waals surface area contributed by atoms with Crippen molar-refractivity contribution in [3.8, 4) is 11.5 Å². The van der Waals surface area contributed by atoms with Gasteiger partial charge in [0.1, 0.15) is 18.0 Å². The normalized spacial score (nSPS) is 16.7. The number of amides is 1. The van der Waals surface area contributed by atoms with E-state index in [1.165, 1.54) is 22.3 Å². The summed E-state index contributed by atoms with van der Waals surface area (Å²) >= 11 is 6.13. The fourth-order valence-corrected chi connectivity index (χ4v) is 6.73. The van der Waals surface area contributed by atoms with Gasteiger partial charge in [0.05, 0.1) is 45.8 Å². The van der Waals surface area contributed by atoms with Gasteiger partial charge in [0.25, 0.3) is 5.91 Å². The number of carbonyl (C=O) groups excluding carboxylic acids is 1. The number of halogens is 2. The van der Waals surface area contributed by atoms with Gasteiger partial charge < -0.3 is 43.1 Å². The Balaban J connectivity index is 0.00000500.